The number of anilines is 2. The molecule has 1 aliphatic rings. The Morgan fingerprint density at radius 2 is 2.09 bits per heavy atom. The number of pyridine rings is 1. The van der Waals surface area contributed by atoms with Gasteiger partial charge in [0, 0.05) is 49.6 Å². The second kappa shape index (κ2) is 10.5. The van der Waals surface area contributed by atoms with E-state index in [9.17, 15) is 19.1 Å². The lowest BCUT2D eigenvalue weighted by atomic mass is 9.99. The smallest absolute Gasteiger partial charge is 0.251 e. The molecule has 2 aromatic heterocycles. The first-order valence-corrected chi connectivity index (χ1v) is 12.1. The van der Waals surface area contributed by atoms with Gasteiger partial charge in [-0.3, -0.25) is 14.5 Å². The molecule has 0 bridgehead atoms. The summed E-state index contributed by atoms with van der Waals surface area (Å²) in [4.78, 5) is 33.0. The Kier molecular flexibility index (Phi) is 7.44. The SMILES string of the molecule is CC(CO)c1ccc(-c2cc(C(N)=O)c(Nc3cccc(CN4CCN(C)C(=O)C4)n3)s2)c(F)c1. The number of piperazine rings is 1. The topological polar surface area (TPSA) is 112 Å². The molecule has 10 heteroatoms. The molecule has 1 fully saturated rings. The molecular formula is C25H28FN5O3S. The number of hydrogen-bond acceptors (Lipinski definition) is 7. The van der Waals surface area contributed by atoms with Gasteiger partial charge in [0.1, 0.15) is 16.6 Å². The first-order chi connectivity index (χ1) is 16.7. The number of aliphatic hydroxyl groups is 1. The van der Waals surface area contributed by atoms with E-state index in [-0.39, 0.29) is 24.0 Å². The number of amides is 2. The quantitative estimate of drug-likeness (QED) is 0.441. The van der Waals surface area contributed by atoms with Crippen molar-refractivity contribution in [2.75, 3.05) is 38.6 Å². The number of benzene rings is 1. The second-order valence-corrected chi connectivity index (χ2v) is 9.76. The van der Waals surface area contributed by atoms with Crippen LogP contribution in [0.2, 0.25) is 0 Å². The van der Waals surface area contributed by atoms with Crippen molar-refractivity contribution in [1.29, 1.82) is 0 Å². The van der Waals surface area contributed by atoms with Crippen LogP contribution in [0.1, 0.15) is 34.5 Å². The maximum Gasteiger partial charge on any atom is 0.251 e. The monoisotopic (exact) mass is 497 g/mol. The van der Waals surface area contributed by atoms with Crippen molar-refractivity contribution in [3.63, 3.8) is 0 Å². The highest BCUT2D eigenvalue weighted by Gasteiger charge is 2.22. The molecule has 1 aromatic carbocycles. The highest BCUT2D eigenvalue weighted by Crippen LogP contribution is 2.38. The lowest BCUT2D eigenvalue weighted by Crippen LogP contribution is -2.48. The number of aliphatic hydroxyl groups excluding tert-OH is 1. The number of likely N-dealkylation sites (N-methyl/N-ethyl adjacent to an activating group) is 1. The van der Waals surface area contributed by atoms with Gasteiger partial charge in [-0.1, -0.05) is 25.1 Å². The van der Waals surface area contributed by atoms with E-state index in [0.29, 0.717) is 46.5 Å². The van der Waals surface area contributed by atoms with Crippen molar-refractivity contribution >= 4 is 34.0 Å². The van der Waals surface area contributed by atoms with E-state index in [1.165, 1.54) is 17.4 Å². The third kappa shape index (κ3) is 5.67. The molecule has 1 unspecified atom stereocenters. The van der Waals surface area contributed by atoms with Crippen LogP contribution in [0.25, 0.3) is 10.4 Å². The van der Waals surface area contributed by atoms with Crippen molar-refractivity contribution in [2.45, 2.75) is 19.4 Å². The van der Waals surface area contributed by atoms with Crippen molar-refractivity contribution < 1.29 is 19.1 Å². The van der Waals surface area contributed by atoms with Gasteiger partial charge in [-0.2, -0.15) is 0 Å². The van der Waals surface area contributed by atoms with Crippen molar-refractivity contribution in [2.24, 2.45) is 5.73 Å². The maximum absolute atomic E-state index is 14.9. The van der Waals surface area contributed by atoms with E-state index in [0.717, 1.165) is 12.2 Å². The number of carbonyl (C=O) groups excluding carboxylic acids is 2. The van der Waals surface area contributed by atoms with Gasteiger partial charge in [-0.05, 0) is 29.8 Å². The van der Waals surface area contributed by atoms with E-state index in [1.54, 1.807) is 36.2 Å². The fourth-order valence-electron chi connectivity index (χ4n) is 3.87. The molecule has 3 heterocycles. The molecule has 35 heavy (non-hydrogen) atoms. The minimum atomic E-state index is -0.631. The highest BCUT2D eigenvalue weighted by atomic mass is 32.1. The zero-order valence-electron chi connectivity index (χ0n) is 19.6. The average Bonchev–Trinajstić information content (AvgIpc) is 3.24. The van der Waals surface area contributed by atoms with Crippen LogP contribution >= 0.6 is 11.3 Å². The number of halogens is 1. The number of nitrogens with zero attached hydrogens (tertiary/aromatic N) is 3. The number of nitrogens with two attached hydrogens (primary N) is 1. The van der Waals surface area contributed by atoms with Crippen molar-refractivity contribution in [3.8, 4) is 10.4 Å². The molecule has 0 radical (unpaired) electrons. The van der Waals surface area contributed by atoms with E-state index in [4.69, 9.17) is 5.73 Å². The minimum absolute atomic E-state index is 0.0745. The lowest BCUT2D eigenvalue weighted by molar-refractivity contribution is -0.134. The fraction of sp³-hybridized carbons (Fsp3) is 0.320. The largest absolute Gasteiger partial charge is 0.396 e. The second-order valence-electron chi connectivity index (χ2n) is 8.71. The summed E-state index contributed by atoms with van der Waals surface area (Å²) in [6.07, 6.45) is 0. The van der Waals surface area contributed by atoms with Crippen LogP contribution in [0, 0.1) is 5.82 Å². The summed E-state index contributed by atoms with van der Waals surface area (Å²) in [7, 11) is 1.80. The van der Waals surface area contributed by atoms with E-state index >= 15 is 0 Å². The third-order valence-corrected chi connectivity index (χ3v) is 7.15. The maximum atomic E-state index is 14.9. The number of aromatic nitrogens is 1. The van der Waals surface area contributed by atoms with Crippen molar-refractivity contribution in [1.82, 2.24) is 14.8 Å². The summed E-state index contributed by atoms with van der Waals surface area (Å²) in [6.45, 7) is 4.05. The summed E-state index contributed by atoms with van der Waals surface area (Å²) in [6, 6.07) is 11.9. The molecule has 1 atom stereocenters. The Hall–Kier alpha value is -3.34. The van der Waals surface area contributed by atoms with Gasteiger partial charge in [-0.25, -0.2) is 9.37 Å². The van der Waals surface area contributed by atoms with Crippen LogP contribution in [0.5, 0.6) is 0 Å². The summed E-state index contributed by atoms with van der Waals surface area (Å²) in [5, 5.41) is 13.0. The van der Waals surface area contributed by atoms with Gasteiger partial charge in [-0.15, -0.1) is 11.3 Å². The van der Waals surface area contributed by atoms with Gasteiger partial charge in [0.25, 0.3) is 5.91 Å². The molecule has 0 saturated carbocycles. The third-order valence-electron chi connectivity index (χ3n) is 6.07. The first kappa shape index (κ1) is 24.8. The molecule has 184 valence electrons. The molecule has 3 aromatic rings. The zero-order chi connectivity index (χ0) is 25.1. The number of carbonyl (C=O) groups is 2. The summed E-state index contributed by atoms with van der Waals surface area (Å²) in [5.41, 5.74) is 7.67. The molecule has 4 rings (SSSR count). The number of primary amides is 1. The molecule has 1 saturated heterocycles. The van der Waals surface area contributed by atoms with Crippen LogP contribution in [0.15, 0.2) is 42.5 Å². The van der Waals surface area contributed by atoms with Crippen LogP contribution in [-0.4, -0.2) is 65.0 Å². The standard InChI is InChI=1S/C25H28FN5O3S/c1-15(14-32)16-6-7-18(20(26)10-16)21-11-19(24(27)34)25(35-21)29-22-5-3-4-17(28-22)12-31-9-8-30(2)23(33)13-31/h3-7,10-11,15,32H,8-9,12-14H2,1-2H3,(H2,27,34)(H,28,29). The van der Waals surface area contributed by atoms with E-state index < -0.39 is 11.7 Å². The zero-order valence-corrected chi connectivity index (χ0v) is 20.4. The van der Waals surface area contributed by atoms with E-state index in [2.05, 4.69) is 10.3 Å². The molecule has 1 aliphatic heterocycles. The molecule has 0 aliphatic carbocycles. The Bertz CT molecular complexity index is 1250. The van der Waals surface area contributed by atoms with Gasteiger partial charge in [0.2, 0.25) is 5.91 Å². The van der Waals surface area contributed by atoms with Gasteiger partial charge < -0.3 is 21.1 Å². The van der Waals surface area contributed by atoms with Gasteiger partial charge in [0.15, 0.2) is 0 Å². The van der Waals surface area contributed by atoms with Crippen LogP contribution in [0.4, 0.5) is 15.2 Å². The summed E-state index contributed by atoms with van der Waals surface area (Å²) < 4.78 is 14.9. The number of rotatable bonds is 8. The summed E-state index contributed by atoms with van der Waals surface area (Å²) in [5.74, 6) is -0.649. The number of nitrogens with one attached hydrogen (secondary N) is 1. The van der Waals surface area contributed by atoms with Crippen LogP contribution in [0.3, 0.4) is 0 Å². The Labute approximate surface area is 207 Å². The minimum Gasteiger partial charge on any atom is -0.396 e. The number of hydrogen-bond donors (Lipinski definition) is 3. The van der Waals surface area contributed by atoms with Gasteiger partial charge >= 0.3 is 0 Å². The van der Waals surface area contributed by atoms with E-state index in [1.807, 2.05) is 24.0 Å². The highest BCUT2D eigenvalue weighted by molar-refractivity contribution is 7.19. The van der Waals surface area contributed by atoms with Crippen LogP contribution < -0.4 is 11.1 Å². The molecule has 4 N–H and O–H groups in total. The lowest BCUT2D eigenvalue weighted by Gasteiger charge is -2.31. The normalized spacial score (nSPS) is 15.3. The average molecular weight is 498 g/mol. The number of thiophene rings is 1. The summed E-state index contributed by atoms with van der Waals surface area (Å²) >= 11 is 1.21. The Morgan fingerprint density at radius 1 is 1.29 bits per heavy atom. The predicted molar refractivity (Wildman–Crippen MR) is 134 cm³/mol. The molecule has 0 spiro atoms. The Balaban J connectivity index is 1.56. The van der Waals surface area contributed by atoms with Crippen LogP contribution in [-0.2, 0) is 11.3 Å². The Morgan fingerprint density at radius 3 is 2.77 bits per heavy atom. The molecular weight excluding hydrogens is 469 g/mol. The first-order valence-electron chi connectivity index (χ1n) is 11.3. The molecule has 2 amide bonds. The fourth-order valence-corrected chi connectivity index (χ4v) is 4.96. The van der Waals surface area contributed by atoms with Crippen molar-refractivity contribution in [3.05, 3.63) is 65.1 Å². The van der Waals surface area contributed by atoms with Gasteiger partial charge in [0.05, 0.1) is 17.8 Å². The molecule has 8 nitrogen and oxygen atoms in total. The predicted octanol–water partition coefficient (Wildman–Crippen LogP) is 3.16.